The van der Waals surface area contributed by atoms with Crippen molar-refractivity contribution in [2.75, 3.05) is 11.9 Å². The Bertz CT molecular complexity index is 180. The molecule has 0 rings (SSSR count). The molecule has 0 radical (unpaired) electrons. The molecule has 0 saturated carbocycles. The maximum Gasteiger partial charge on any atom is 0.316 e. The predicted octanol–water partition coefficient (Wildman–Crippen LogP) is 2.82. The molecule has 0 unspecified atom stereocenters. The number of halogens is 1. The molecule has 0 aliphatic carbocycles. The van der Waals surface area contributed by atoms with Crippen LogP contribution >= 0.6 is 15.9 Å². The summed E-state index contributed by atoms with van der Waals surface area (Å²) in [5, 5.41) is 0.288. The van der Waals surface area contributed by atoms with Crippen LogP contribution in [0, 0.1) is 0 Å². The van der Waals surface area contributed by atoms with E-state index in [1.165, 1.54) is 0 Å². The largest absolute Gasteiger partial charge is 0.465 e. The fraction of sp³-hybridized carbons (Fsp3) is 0.667. The highest BCUT2D eigenvalue weighted by Gasteiger charge is 2.18. The predicted molar refractivity (Wildman–Crippen MR) is 62.0 cm³/mol. The highest BCUT2D eigenvalue weighted by Crippen LogP contribution is 2.15. The number of hydrogen-bond acceptors (Lipinski definition) is 2. The summed E-state index contributed by atoms with van der Waals surface area (Å²) in [7, 11) is -1.19. The molecule has 0 fully saturated rings. The Morgan fingerprint density at radius 2 is 2.23 bits per heavy atom. The summed E-state index contributed by atoms with van der Waals surface area (Å²) in [4.78, 5) is 10.8. The molecular formula is C9H17BrO2Si. The molecule has 0 aromatic heterocycles. The minimum atomic E-state index is -1.19. The van der Waals surface area contributed by atoms with Gasteiger partial charge in [0.2, 0.25) is 0 Å². The van der Waals surface area contributed by atoms with Gasteiger partial charge in [-0.25, -0.2) is 0 Å². The monoisotopic (exact) mass is 264 g/mol. The van der Waals surface area contributed by atoms with Crippen molar-refractivity contribution in [2.45, 2.75) is 25.2 Å². The van der Waals surface area contributed by atoms with Crippen molar-refractivity contribution in [2.24, 2.45) is 0 Å². The van der Waals surface area contributed by atoms with Crippen molar-refractivity contribution in [1.29, 1.82) is 0 Å². The van der Waals surface area contributed by atoms with Crippen molar-refractivity contribution in [3.8, 4) is 0 Å². The summed E-state index contributed by atoms with van der Waals surface area (Å²) in [5.74, 6) is -0.177. The van der Waals surface area contributed by atoms with Gasteiger partial charge in [-0.05, 0) is 12.1 Å². The van der Waals surface area contributed by atoms with Crippen molar-refractivity contribution >= 4 is 30.0 Å². The van der Waals surface area contributed by atoms with Crippen LogP contribution in [-0.2, 0) is 9.53 Å². The van der Waals surface area contributed by atoms with Gasteiger partial charge < -0.3 is 4.74 Å². The first kappa shape index (κ1) is 12.9. The topological polar surface area (TPSA) is 26.3 Å². The molecule has 0 aliphatic rings. The number of hydrogen-bond donors (Lipinski definition) is 0. The first-order valence-electron chi connectivity index (χ1n) is 4.34. The number of allylic oxidation sites excluding steroid dienone is 1. The molecule has 0 spiro atoms. The molecule has 0 aliphatic heterocycles. The molecule has 0 aromatic rings. The van der Waals surface area contributed by atoms with Gasteiger partial charge in [0.1, 0.15) is 5.33 Å². The number of esters is 1. The fourth-order valence-electron chi connectivity index (χ4n) is 0.973. The number of rotatable bonds is 6. The zero-order valence-corrected chi connectivity index (χ0v) is 10.9. The third-order valence-corrected chi connectivity index (χ3v) is 5.26. The Hall–Kier alpha value is -0.0931. The van der Waals surface area contributed by atoms with E-state index in [4.69, 9.17) is 4.74 Å². The third kappa shape index (κ3) is 7.02. The van der Waals surface area contributed by atoms with Crippen LogP contribution in [0.15, 0.2) is 12.7 Å². The number of ether oxygens (including phenoxy) is 1. The Labute approximate surface area is 89.5 Å². The molecule has 0 N–H and O–H groups in total. The van der Waals surface area contributed by atoms with Crippen LogP contribution in [0.2, 0.25) is 25.2 Å². The van der Waals surface area contributed by atoms with E-state index in [1.54, 1.807) is 0 Å². The number of carbonyl (C=O) groups excluding carboxylic acids is 1. The van der Waals surface area contributed by atoms with Crippen molar-refractivity contribution in [1.82, 2.24) is 0 Å². The molecule has 2 nitrogen and oxygen atoms in total. The Morgan fingerprint density at radius 3 is 2.69 bits per heavy atom. The van der Waals surface area contributed by atoms with Gasteiger partial charge in [0, 0.05) is 0 Å². The quantitative estimate of drug-likeness (QED) is 0.319. The molecular weight excluding hydrogens is 248 g/mol. The van der Waals surface area contributed by atoms with E-state index in [0.29, 0.717) is 6.61 Å². The second-order valence-electron chi connectivity index (χ2n) is 3.76. The third-order valence-electron chi connectivity index (χ3n) is 1.85. The lowest BCUT2D eigenvalue weighted by Gasteiger charge is -2.19. The van der Waals surface area contributed by atoms with E-state index < -0.39 is 8.07 Å². The van der Waals surface area contributed by atoms with Gasteiger partial charge in [-0.1, -0.05) is 35.1 Å². The Kier molecular flexibility index (Phi) is 6.33. The Morgan fingerprint density at radius 1 is 1.62 bits per heavy atom. The van der Waals surface area contributed by atoms with E-state index in [2.05, 4.69) is 35.6 Å². The van der Waals surface area contributed by atoms with Gasteiger partial charge in [-0.15, -0.1) is 6.58 Å². The van der Waals surface area contributed by atoms with Gasteiger partial charge in [-0.3, -0.25) is 4.79 Å². The van der Waals surface area contributed by atoms with E-state index in [1.807, 2.05) is 6.08 Å². The highest BCUT2D eigenvalue weighted by molar-refractivity contribution is 9.09. The van der Waals surface area contributed by atoms with Gasteiger partial charge in [0.05, 0.1) is 14.7 Å². The normalized spacial score (nSPS) is 11.0. The molecule has 76 valence electrons. The molecule has 0 amide bonds. The zero-order chi connectivity index (χ0) is 10.3. The average molecular weight is 265 g/mol. The zero-order valence-electron chi connectivity index (χ0n) is 8.31. The lowest BCUT2D eigenvalue weighted by Crippen LogP contribution is -2.26. The smallest absolute Gasteiger partial charge is 0.316 e. The molecule has 0 bridgehead atoms. The molecule has 0 heterocycles. The molecule has 0 atom stereocenters. The summed E-state index contributed by atoms with van der Waals surface area (Å²) in [6, 6.07) is 2.09. The van der Waals surface area contributed by atoms with Crippen LogP contribution < -0.4 is 0 Å². The minimum absolute atomic E-state index is 0.177. The van der Waals surface area contributed by atoms with E-state index in [9.17, 15) is 4.79 Å². The van der Waals surface area contributed by atoms with Crippen LogP contribution in [0.1, 0.15) is 0 Å². The summed E-state index contributed by atoms with van der Waals surface area (Å²) >= 11 is 3.05. The average Bonchev–Trinajstić information content (AvgIpc) is 2.03. The maximum absolute atomic E-state index is 10.8. The second kappa shape index (κ2) is 6.37. The van der Waals surface area contributed by atoms with Gasteiger partial charge in [0.15, 0.2) is 0 Å². The number of carbonyl (C=O) groups is 1. The lowest BCUT2D eigenvalue weighted by atomic mass is 10.7. The first-order chi connectivity index (χ1) is 6.02. The first-order valence-corrected chi connectivity index (χ1v) is 8.88. The van der Waals surface area contributed by atoms with Gasteiger partial charge in [-0.2, -0.15) is 0 Å². The van der Waals surface area contributed by atoms with E-state index >= 15 is 0 Å². The molecule has 0 aromatic carbocycles. The highest BCUT2D eigenvalue weighted by atomic mass is 79.9. The summed E-state index contributed by atoms with van der Waals surface area (Å²) in [5.41, 5.74) is 0. The van der Waals surface area contributed by atoms with Crippen LogP contribution in [0.4, 0.5) is 0 Å². The molecule has 0 saturated heterocycles. The molecule has 13 heavy (non-hydrogen) atoms. The summed E-state index contributed by atoms with van der Waals surface area (Å²) in [6.45, 7) is 8.83. The fourth-order valence-corrected chi connectivity index (χ4v) is 2.77. The minimum Gasteiger partial charge on any atom is -0.465 e. The summed E-state index contributed by atoms with van der Waals surface area (Å²) in [6.07, 6.45) is 1.96. The SMILES string of the molecule is C=CC[Si](C)(C)CCOC(=O)CBr. The standard InChI is InChI=1S/C9H17BrO2Si/c1-4-6-13(2,3)7-5-12-9(11)8-10/h4H,1,5-8H2,2-3H3. The van der Waals surface area contributed by atoms with Crippen LogP contribution in [-0.4, -0.2) is 26.0 Å². The maximum atomic E-state index is 10.8. The van der Waals surface area contributed by atoms with Crippen molar-refractivity contribution < 1.29 is 9.53 Å². The van der Waals surface area contributed by atoms with Crippen LogP contribution in [0.25, 0.3) is 0 Å². The molecule has 4 heteroatoms. The van der Waals surface area contributed by atoms with Crippen molar-refractivity contribution in [3.63, 3.8) is 0 Å². The van der Waals surface area contributed by atoms with E-state index in [-0.39, 0.29) is 11.3 Å². The van der Waals surface area contributed by atoms with Gasteiger partial charge in [0.25, 0.3) is 0 Å². The number of alkyl halides is 1. The van der Waals surface area contributed by atoms with Crippen molar-refractivity contribution in [3.05, 3.63) is 12.7 Å². The van der Waals surface area contributed by atoms with Crippen LogP contribution in [0.3, 0.4) is 0 Å². The Balaban J connectivity index is 3.62. The lowest BCUT2D eigenvalue weighted by molar-refractivity contribution is -0.139. The van der Waals surface area contributed by atoms with E-state index in [0.717, 1.165) is 12.1 Å². The van der Waals surface area contributed by atoms with Gasteiger partial charge >= 0.3 is 5.97 Å². The van der Waals surface area contributed by atoms with Crippen LogP contribution in [0.5, 0.6) is 0 Å². The second-order valence-corrected chi connectivity index (χ2v) is 9.56. The summed E-state index contributed by atoms with van der Waals surface area (Å²) < 4.78 is 4.99.